The summed E-state index contributed by atoms with van der Waals surface area (Å²) >= 11 is 5.54. The van der Waals surface area contributed by atoms with E-state index in [0.717, 1.165) is 5.56 Å². The summed E-state index contributed by atoms with van der Waals surface area (Å²) in [5, 5.41) is 15.8. The van der Waals surface area contributed by atoms with Gasteiger partial charge in [-0.05, 0) is 18.1 Å². The van der Waals surface area contributed by atoms with Crippen LogP contribution in [0.25, 0.3) is 0 Å². The Labute approximate surface area is 74.2 Å². The quantitative estimate of drug-likeness (QED) is 0.769. The van der Waals surface area contributed by atoms with Gasteiger partial charge in [0.05, 0.1) is 6.20 Å². The van der Waals surface area contributed by atoms with Crippen molar-refractivity contribution < 1.29 is 9.90 Å². The van der Waals surface area contributed by atoms with Crippen LogP contribution in [-0.2, 0) is 11.2 Å². The number of aryl methyl sites for hydroxylation is 1. The van der Waals surface area contributed by atoms with Gasteiger partial charge in [-0.15, -0.1) is 5.10 Å². The molecule has 0 bridgehead atoms. The zero-order valence-corrected chi connectivity index (χ0v) is 6.95. The van der Waals surface area contributed by atoms with Crippen molar-refractivity contribution in [2.24, 2.45) is 0 Å². The molecule has 0 aromatic carbocycles. The number of halogens is 1. The Morgan fingerprint density at radius 3 is 3.00 bits per heavy atom. The minimum Gasteiger partial charge on any atom is -0.481 e. The number of nitrogens with zero attached hydrogens (tertiary/aromatic N) is 2. The second kappa shape index (κ2) is 4.01. The molecule has 4 nitrogen and oxygen atoms in total. The van der Waals surface area contributed by atoms with Crippen LogP contribution in [0.3, 0.4) is 0 Å². The van der Waals surface area contributed by atoms with E-state index in [0.29, 0.717) is 6.42 Å². The van der Waals surface area contributed by atoms with Crippen LogP contribution in [0.2, 0.25) is 5.15 Å². The Balaban J connectivity index is 2.57. The predicted octanol–water partition coefficient (Wildman–Crippen LogP) is 1.15. The minimum absolute atomic E-state index is 0.0853. The highest BCUT2D eigenvalue weighted by Crippen LogP contribution is 2.06. The molecule has 12 heavy (non-hydrogen) atoms. The van der Waals surface area contributed by atoms with Crippen molar-refractivity contribution in [2.45, 2.75) is 12.8 Å². The fourth-order valence-corrected chi connectivity index (χ4v) is 0.949. The van der Waals surface area contributed by atoms with Crippen molar-refractivity contribution in [3.63, 3.8) is 0 Å². The SMILES string of the molecule is O=C(O)CCc1cnnc(Cl)c1. The van der Waals surface area contributed by atoms with Crippen LogP contribution < -0.4 is 0 Å². The molecule has 0 radical (unpaired) electrons. The van der Waals surface area contributed by atoms with Gasteiger partial charge in [0.15, 0.2) is 5.15 Å². The maximum atomic E-state index is 10.2. The summed E-state index contributed by atoms with van der Waals surface area (Å²) in [6.07, 6.45) is 2.03. The largest absolute Gasteiger partial charge is 0.481 e. The Morgan fingerprint density at radius 2 is 2.42 bits per heavy atom. The molecule has 5 heteroatoms. The molecule has 64 valence electrons. The third-order valence-corrected chi connectivity index (χ3v) is 1.49. The zero-order valence-electron chi connectivity index (χ0n) is 6.20. The standard InChI is InChI=1S/C7H7ClN2O2/c8-6-3-5(4-9-10-6)1-2-7(11)12/h3-4H,1-2H2,(H,11,12). The molecule has 0 saturated carbocycles. The molecular formula is C7H7ClN2O2. The molecule has 0 aliphatic heterocycles. The first kappa shape index (κ1) is 8.93. The van der Waals surface area contributed by atoms with E-state index in [1.54, 1.807) is 6.07 Å². The highest BCUT2D eigenvalue weighted by atomic mass is 35.5. The third kappa shape index (κ3) is 2.84. The Morgan fingerprint density at radius 1 is 1.67 bits per heavy atom. The van der Waals surface area contributed by atoms with Crippen molar-refractivity contribution in [1.29, 1.82) is 0 Å². The van der Waals surface area contributed by atoms with Gasteiger partial charge < -0.3 is 5.11 Å². The van der Waals surface area contributed by atoms with Gasteiger partial charge in [-0.3, -0.25) is 4.79 Å². The maximum Gasteiger partial charge on any atom is 0.303 e. The Bertz CT molecular complexity index is 290. The molecule has 0 aliphatic rings. The normalized spacial score (nSPS) is 9.75. The molecule has 0 spiro atoms. The lowest BCUT2D eigenvalue weighted by atomic mass is 10.2. The summed E-state index contributed by atoms with van der Waals surface area (Å²) in [7, 11) is 0. The van der Waals surface area contributed by atoms with Crippen LogP contribution in [0.15, 0.2) is 12.3 Å². The number of aliphatic carboxylic acids is 1. The highest BCUT2D eigenvalue weighted by Gasteiger charge is 2.00. The summed E-state index contributed by atoms with van der Waals surface area (Å²) in [5.41, 5.74) is 0.789. The average molecular weight is 187 g/mol. The topological polar surface area (TPSA) is 63.1 Å². The molecule has 0 atom stereocenters. The average Bonchev–Trinajstić information content (AvgIpc) is 2.01. The fraction of sp³-hybridized carbons (Fsp3) is 0.286. The maximum absolute atomic E-state index is 10.2. The van der Waals surface area contributed by atoms with E-state index in [2.05, 4.69) is 10.2 Å². The van der Waals surface area contributed by atoms with Crippen molar-refractivity contribution >= 4 is 17.6 Å². The third-order valence-electron chi connectivity index (χ3n) is 1.31. The summed E-state index contributed by atoms with van der Waals surface area (Å²) < 4.78 is 0. The number of carbonyl (C=O) groups is 1. The number of carboxylic acid groups (broad SMARTS) is 1. The second-order valence-electron chi connectivity index (χ2n) is 2.28. The van der Waals surface area contributed by atoms with Crippen LogP contribution in [0.5, 0.6) is 0 Å². The number of carboxylic acids is 1. The van der Waals surface area contributed by atoms with Gasteiger partial charge >= 0.3 is 5.97 Å². The van der Waals surface area contributed by atoms with Crippen molar-refractivity contribution in [2.75, 3.05) is 0 Å². The van der Waals surface area contributed by atoms with Crippen molar-refractivity contribution in [3.05, 3.63) is 23.0 Å². The van der Waals surface area contributed by atoms with Gasteiger partial charge in [0, 0.05) is 6.42 Å². The highest BCUT2D eigenvalue weighted by molar-refractivity contribution is 6.29. The van der Waals surface area contributed by atoms with Crippen LogP contribution in [0.1, 0.15) is 12.0 Å². The van der Waals surface area contributed by atoms with Gasteiger partial charge in [0.2, 0.25) is 0 Å². The zero-order chi connectivity index (χ0) is 8.97. The molecule has 0 amide bonds. The smallest absolute Gasteiger partial charge is 0.303 e. The van der Waals surface area contributed by atoms with Gasteiger partial charge in [-0.2, -0.15) is 5.10 Å². The lowest BCUT2D eigenvalue weighted by Gasteiger charge is -1.96. The first-order valence-corrected chi connectivity index (χ1v) is 3.75. The Kier molecular flexibility index (Phi) is 2.99. The lowest BCUT2D eigenvalue weighted by Crippen LogP contribution is -1.98. The summed E-state index contributed by atoms with van der Waals surface area (Å²) in [6, 6.07) is 1.61. The number of aromatic nitrogens is 2. The summed E-state index contributed by atoms with van der Waals surface area (Å²) in [5.74, 6) is -0.831. The van der Waals surface area contributed by atoms with E-state index >= 15 is 0 Å². The van der Waals surface area contributed by atoms with E-state index < -0.39 is 5.97 Å². The van der Waals surface area contributed by atoms with Gasteiger partial charge in [-0.1, -0.05) is 11.6 Å². The van der Waals surface area contributed by atoms with Crippen LogP contribution in [0.4, 0.5) is 0 Å². The molecule has 1 heterocycles. The molecule has 1 rings (SSSR count). The van der Waals surface area contributed by atoms with Gasteiger partial charge in [0.25, 0.3) is 0 Å². The summed E-state index contributed by atoms with van der Waals surface area (Å²) in [6.45, 7) is 0. The van der Waals surface area contributed by atoms with E-state index in [9.17, 15) is 4.79 Å². The molecule has 1 aromatic rings. The molecule has 0 unspecified atom stereocenters. The Hall–Kier alpha value is -1.16. The van der Waals surface area contributed by atoms with Crippen LogP contribution >= 0.6 is 11.6 Å². The van der Waals surface area contributed by atoms with Crippen LogP contribution in [-0.4, -0.2) is 21.3 Å². The van der Waals surface area contributed by atoms with E-state index in [4.69, 9.17) is 16.7 Å². The van der Waals surface area contributed by atoms with E-state index in [1.807, 2.05) is 0 Å². The number of hydrogen-bond acceptors (Lipinski definition) is 3. The first-order valence-electron chi connectivity index (χ1n) is 3.37. The number of hydrogen-bond donors (Lipinski definition) is 1. The lowest BCUT2D eigenvalue weighted by molar-refractivity contribution is -0.136. The second-order valence-corrected chi connectivity index (χ2v) is 2.67. The molecular weight excluding hydrogens is 180 g/mol. The molecule has 0 saturated heterocycles. The van der Waals surface area contributed by atoms with Gasteiger partial charge in [0.1, 0.15) is 0 Å². The molecule has 1 aromatic heterocycles. The van der Waals surface area contributed by atoms with Crippen LogP contribution in [0, 0.1) is 0 Å². The van der Waals surface area contributed by atoms with E-state index in [-0.39, 0.29) is 11.6 Å². The van der Waals surface area contributed by atoms with E-state index in [1.165, 1.54) is 6.20 Å². The number of rotatable bonds is 3. The monoisotopic (exact) mass is 186 g/mol. The van der Waals surface area contributed by atoms with Crippen molar-refractivity contribution in [1.82, 2.24) is 10.2 Å². The molecule has 1 N–H and O–H groups in total. The predicted molar refractivity (Wildman–Crippen MR) is 43.0 cm³/mol. The summed E-state index contributed by atoms with van der Waals surface area (Å²) in [4.78, 5) is 10.2. The molecule has 0 aliphatic carbocycles. The minimum atomic E-state index is -0.831. The van der Waals surface area contributed by atoms with Crippen molar-refractivity contribution in [3.8, 4) is 0 Å². The van der Waals surface area contributed by atoms with Gasteiger partial charge in [-0.25, -0.2) is 0 Å². The fourth-order valence-electron chi connectivity index (χ4n) is 0.765. The molecule has 0 fully saturated rings. The first-order chi connectivity index (χ1) is 5.68.